The first-order valence-corrected chi connectivity index (χ1v) is 16.4. The Balaban J connectivity index is 3.95. The third-order valence-corrected chi connectivity index (χ3v) is 11.2. The molecule has 0 radical (unpaired) electrons. The van der Waals surface area contributed by atoms with Gasteiger partial charge in [0.1, 0.15) is 5.75 Å². The summed E-state index contributed by atoms with van der Waals surface area (Å²) in [6.07, 6.45) is 0. The summed E-state index contributed by atoms with van der Waals surface area (Å²) in [5, 5.41) is 0.701. The lowest BCUT2D eigenvalue weighted by molar-refractivity contribution is -0.131. The maximum absolute atomic E-state index is 12.4. The molecular weight excluding hydrogens is 359 g/mol. The Labute approximate surface area is 145 Å². The van der Waals surface area contributed by atoms with Crippen molar-refractivity contribution in [3.05, 3.63) is 34.8 Å². The maximum Gasteiger partial charge on any atom is 0.348 e. The van der Waals surface area contributed by atoms with Crippen LogP contribution in [0, 0.1) is 0 Å². The van der Waals surface area contributed by atoms with Crippen LogP contribution in [-0.2, 0) is 9.36 Å². The fraction of sp³-hybridized carbons (Fsp3) is 0.438. The van der Waals surface area contributed by atoms with Gasteiger partial charge in [0.05, 0.1) is 16.1 Å². The standard InChI is InChI=1S/C16H27O5PSi2/c1-12(17)21-14-11-9-8-10-13(14)15(23(2,3)4)16(22(18,19)20)24(5,6)7/h8-11H,1-7H3,(H2,18,19,20). The smallest absolute Gasteiger partial charge is 0.348 e. The molecule has 0 aliphatic carbocycles. The number of rotatable bonds is 5. The molecule has 24 heavy (non-hydrogen) atoms. The zero-order valence-electron chi connectivity index (χ0n) is 15.4. The van der Waals surface area contributed by atoms with Gasteiger partial charge < -0.3 is 14.5 Å². The first-order valence-electron chi connectivity index (χ1n) is 7.75. The van der Waals surface area contributed by atoms with Crippen molar-refractivity contribution in [3.63, 3.8) is 0 Å². The van der Waals surface area contributed by atoms with E-state index in [1.165, 1.54) is 6.92 Å². The van der Waals surface area contributed by atoms with Crippen molar-refractivity contribution in [2.24, 2.45) is 0 Å². The molecule has 0 aromatic heterocycles. The van der Waals surface area contributed by atoms with Crippen molar-refractivity contribution in [1.82, 2.24) is 0 Å². The number of carbonyl (C=O) groups is 1. The Kier molecular flexibility index (Phi) is 6.23. The van der Waals surface area contributed by atoms with Crippen LogP contribution in [0.1, 0.15) is 12.5 Å². The van der Waals surface area contributed by atoms with Crippen molar-refractivity contribution in [2.75, 3.05) is 0 Å². The van der Waals surface area contributed by atoms with Crippen LogP contribution in [0.5, 0.6) is 5.75 Å². The second-order valence-electron chi connectivity index (χ2n) is 7.86. The molecular formula is C16H27O5PSi2. The van der Waals surface area contributed by atoms with Crippen LogP contribution in [-0.4, -0.2) is 31.9 Å². The van der Waals surface area contributed by atoms with Gasteiger partial charge in [-0.25, -0.2) is 0 Å². The first kappa shape index (κ1) is 21.1. The Morgan fingerprint density at radius 3 is 1.88 bits per heavy atom. The molecule has 0 amide bonds. The summed E-state index contributed by atoms with van der Waals surface area (Å²) < 4.78 is 17.7. The Morgan fingerprint density at radius 2 is 1.50 bits per heavy atom. The highest BCUT2D eigenvalue weighted by molar-refractivity contribution is 7.61. The lowest BCUT2D eigenvalue weighted by Crippen LogP contribution is -2.33. The lowest BCUT2D eigenvalue weighted by Gasteiger charge is -2.32. The van der Waals surface area contributed by atoms with E-state index >= 15 is 0 Å². The molecule has 8 heteroatoms. The number of esters is 1. The number of benzene rings is 1. The highest BCUT2D eigenvalue weighted by atomic mass is 31.2. The molecule has 1 aromatic carbocycles. The summed E-state index contributed by atoms with van der Waals surface area (Å²) in [5.74, 6) is -0.102. The molecule has 1 rings (SSSR count). The third kappa shape index (κ3) is 5.26. The molecule has 134 valence electrons. The van der Waals surface area contributed by atoms with Gasteiger partial charge in [0.15, 0.2) is 0 Å². The summed E-state index contributed by atoms with van der Waals surface area (Å²) in [4.78, 5) is 31.9. The van der Waals surface area contributed by atoms with E-state index in [4.69, 9.17) is 4.74 Å². The number of hydrogen-bond acceptors (Lipinski definition) is 3. The number of hydrogen-bond donors (Lipinski definition) is 2. The van der Waals surface area contributed by atoms with Crippen molar-refractivity contribution in [3.8, 4) is 5.75 Å². The molecule has 2 N–H and O–H groups in total. The second kappa shape index (κ2) is 7.10. The minimum absolute atomic E-state index is 0.258. The van der Waals surface area contributed by atoms with E-state index in [0.717, 1.165) is 0 Å². The van der Waals surface area contributed by atoms with E-state index in [9.17, 15) is 19.1 Å². The highest BCUT2D eigenvalue weighted by Crippen LogP contribution is 2.55. The molecule has 0 saturated heterocycles. The van der Waals surface area contributed by atoms with E-state index in [0.29, 0.717) is 16.5 Å². The van der Waals surface area contributed by atoms with Crippen LogP contribution < -0.4 is 4.74 Å². The minimum atomic E-state index is -4.43. The Hall–Kier alpha value is -0.986. The second-order valence-corrected chi connectivity index (χ2v) is 19.8. The predicted molar refractivity (Wildman–Crippen MR) is 103 cm³/mol. The zero-order valence-corrected chi connectivity index (χ0v) is 18.3. The van der Waals surface area contributed by atoms with Gasteiger partial charge in [-0.05, 0) is 11.3 Å². The average molecular weight is 387 g/mol. The normalized spacial score (nSPS) is 14.2. The molecule has 0 aliphatic rings. The fourth-order valence-electron chi connectivity index (χ4n) is 2.76. The largest absolute Gasteiger partial charge is 0.426 e. The van der Waals surface area contributed by atoms with E-state index in [2.05, 4.69) is 0 Å². The van der Waals surface area contributed by atoms with Gasteiger partial charge >= 0.3 is 13.6 Å². The maximum atomic E-state index is 12.4. The molecule has 0 aliphatic heterocycles. The van der Waals surface area contributed by atoms with Crippen molar-refractivity contribution >= 4 is 34.9 Å². The molecule has 0 saturated carbocycles. The number of para-hydroxylation sites is 1. The summed E-state index contributed by atoms with van der Waals surface area (Å²) in [6, 6.07) is 6.99. The molecule has 0 heterocycles. The average Bonchev–Trinajstić information content (AvgIpc) is 2.31. The van der Waals surface area contributed by atoms with E-state index in [-0.39, 0.29) is 4.94 Å². The molecule has 5 nitrogen and oxygen atoms in total. The Morgan fingerprint density at radius 1 is 1.00 bits per heavy atom. The van der Waals surface area contributed by atoms with E-state index in [1.54, 1.807) is 24.3 Å². The SMILES string of the molecule is CC(=O)Oc1ccccc1C(=C([Si](C)(C)C)P(=O)(O)O)[Si](C)(C)C. The van der Waals surface area contributed by atoms with Gasteiger partial charge in [-0.2, -0.15) is 0 Å². The number of ether oxygens (including phenoxy) is 1. The third-order valence-electron chi connectivity index (χ3n) is 3.40. The van der Waals surface area contributed by atoms with Crippen molar-refractivity contribution in [2.45, 2.75) is 46.2 Å². The summed E-state index contributed by atoms with van der Waals surface area (Å²) in [5.41, 5.74) is 0.618. The lowest BCUT2D eigenvalue weighted by atomic mass is 10.2. The first-order chi connectivity index (χ1) is 10.7. The van der Waals surface area contributed by atoms with E-state index in [1.807, 2.05) is 39.3 Å². The van der Waals surface area contributed by atoms with Gasteiger partial charge in [0.2, 0.25) is 0 Å². The molecule has 0 bridgehead atoms. The fourth-order valence-corrected chi connectivity index (χ4v) is 13.0. The van der Waals surface area contributed by atoms with Crippen LogP contribution in [0.4, 0.5) is 0 Å². The van der Waals surface area contributed by atoms with Crippen LogP contribution in [0.2, 0.25) is 39.3 Å². The molecule has 0 unspecified atom stereocenters. The van der Waals surface area contributed by atoms with Gasteiger partial charge in [-0.3, -0.25) is 9.36 Å². The van der Waals surface area contributed by atoms with Gasteiger partial charge in [-0.15, -0.1) is 0 Å². The van der Waals surface area contributed by atoms with Crippen LogP contribution in [0.3, 0.4) is 0 Å². The van der Waals surface area contributed by atoms with E-state index < -0.39 is 29.7 Å². The molecule has 0 fully saturated rings. The van der Waals surface area contributed by atoms with Crippen molar-refractivity contribution < 1.29 is 23.9 Å². The van der Waals surface area contributed by atoms with Crippen molar-refractivity contribution in [1.29, 1.82) is 0 Å². The quantitative estimate of drug-likeness (QED) is 0.342. The molecule has 0 spiro atoms. The Bertz CT molecular complexity index is 708. The zero-order chi connectivity index (χ0) is 18.9. The summed E-state index contributed by atoms with van der Waals surface area (Å²) in [7, 11) is -8.93. The summed E-state index contributed by atoms with van der Waals surface area (Å²) >= 11 is 0. The highest BCUT2D eigenvalue weighted by Gasteiger charge is 2.41. The minimum Gasteiger partial charge on any atom is -0.426 e. The monoisotopic (exact) mass is 386 g/mol. The molecule has 1 aromatic rings. The number of carbonyl (C=O) groups excluding carboxylic acids is 1. The van der Waals surface area contributed by atoms with Crippen LogP contribution in [0.15, 0.2) is 29.2 Å². The topological polar surface area (TPSA) is 83.8 Å². The predicted octanol–water partition coefficient (Wildman–Crippen LogP) is 4.26. The summed E-state index contributed by atoms with van der Waals surface area (Å²) in [6.45, 7) is 13.2. The molecule has 0 atom stereocenters. The van der Waals surface area contributed by atoms with Gasteiger partial charge in [0, 0.05) is 17.4 Å². The van der Waals surface area contributed by atoms with Gasteiger partial charge in [0.25, 0.3) is 0 Å². The van der Waals surface area contributed by atoms with Gasteiger partial charge in [-0.1, -0.05) is 57.5 Å². The van der Waals surface area contributed by atoms with Crippen LogP contribution in [0.25, 0.3) is 5.20 Å². The van der Waals surface area contributed by atoms with Crippen LogP contribution >= 0.6 is 7.60 Å².